The molecule has 26 heavy (non-hydrogen) atoms. The van der Waals surface area contributed by atoms with Gasteiger partial charge in [0.15, 0.2) is 0 Å². The lowest BCUT2D eigenvalue weighted by molar-refractivity contribution is -0.138. The first-order valence-electron chi connectivity index (χ1n) is 8.01. The highest BCUT2D eigenvalue weighted by molar-refractivity contribution is 6.40. The standard InChI is InChI=1S/C21H18ClNO3/c1-16(22)21(24)26-14-2-13-25-20-11-9-18(10-12-20)4-3-17-5-7-19(15-23)8-6-17/h3-12H,1-2,13-14H2. The van der Waals surface area contributed by atoms with Crippen molar-refractivity contribution in [2.45, 2.75) is 6.42 Å². The Bertz CT molecular complexity index is 818. The average Bonchev–Trinajstić information content (AvgIpc) is 2.67. The highest BCUT2D eigenvalue weighted by Crippen LogP contribution is 2.15. The Hall–Kier alpha value is -3.03. The largest absolute Gasteiger partial charge is 0.493 e. The van der Waals surface area contributed by atoms with E-state index in [-0.39, 0.29) is 11.6 Å². The zero-order valence-electron chi connectivity index (χ0n) is 14.2. The average molecular weight is 368 g/mol. The maximum Gasteiger partial charge on any atom is 0.349 e. The van der Waals surface area contributed by atoms with E-state index in [2.05, 4.69) is 12.6 Å². The second-order valence-electron chi connectivity index (χ2n) is 5.38. The van der Waals surface area contributed by atoms with Crippen molar-refractivity contribution in [1.29, 1.82) is 5.26 Å². The van der Waals surface area contributed by atoms with Gasteiger partial charge in [-0.3, -0.25) is 0 Å². The smallest absolute Gasteiger partial charge is 0.349 e. The Labute approximate surface area is 157 Å². The molecule has 0 spiro atoms. The number of carbonyl (C=O) groups is 1. The summed E-state index contributed by atoms with van der Waals surface area (Å²) >= 11 is 5.41. The van der Waals surface area contributed by atoms with Crippen LogP contribution in [0.15, 0.2) is 60.1 Å². The molecule has 132 valence electrons. The van der Waals surface area contributed by atoms with Crippen LogP contribution in [0.2, 0.25) is 0 Å². The summed E-state index contributed by atoms with van der Waals surface area (Å²) in [4.78, 5) is 11.1. The van der Waals surface area contributed by atoms with Gasteiger partial charge in [-0.1, -0.05) is 54.6 Å². The molecule has 0 atom stereocenters. The van der Waals surface area contributed by atoms with Gasteiger partial charge in [0, 0.05) is 6.42 Å². The first-order valence-corrected chi connectivity index (χ1v) is 8.39. The normalized spacial score (nSPS) is 10.3. The second-order valence-corrected chi connectivity index (χ2v) is 5.84. The minimum atomic E-state index is -0.606. The SMILES string of the molecule is C=C(Cl)C(=O)OCCCOc1ccc(C=Cc2ccc(C#N)cc2)cc1. The van der Waals surface area contributed by atoms with Crippen molar-refractivity contribution in [3.63, 3.8) is 0 Å². The van der Waals surface area contributed by atoms with Gasteiger partial charge < -0.3 is 9.47 Å². The number of halogens is 1. The maximum atomic E-state index is 11.1. The third kappa shape index (κ3) is 6.46. The summed E-state index contributed by atoms with van der Waals surface area (Å²) in [6, 6.07) is 17.1. The van der Waals surface area contributed by atoms with Gasteiger partial charge in [-0.15, -0.1) is 0 Å². The van der Waals surface area contributed by atoms with Gasteiger partial charge in [-0.05, 0) is 35.4 Å². The summed E-state index contributed by atoms with van der Waals surface area (Å²) in [6.07, 6.45) is 4.54. The first-order chi connectivity index (χ1) is 12.6. The number of carbonyl (C=O) groups excluding carboxylic acids is 1. The molecule has 0 fully saturated rings. The van der Waals surface area contributed by atoms with E-state index in [0.29, 0.717) is 18.6 Å². The molecule has 0 aliphatic carbocycles. The number of hydrogen-bond donors (Lipinski definition) is 0. The monoisotopic (exact) mass is 367 g/mol. The molecule has 0 saturated carbocycles. The Kier molecular flexibility index (Phi) is 7.48. The number of rotatable bonds is 8. The molecule has 0 unspecified atom stereocenters. The predicted octanol–water partition coefficient (Wildman–Crippen LogP) is 4.79. The van der Waals surface area contributed by atoms with Crippen LogP contribution in [0.1, 0.15) is 23.1 Å². The van der Waals surface area contributed by atoms with Crippen LogP contribution in [0.5, 0.6) is 5.75 Å². The summed E-state index contributed by atoms with van der Waals surface area (Å²) in [7, 11) is 0. The Balaban J connectivity index is 1.77. The van der Waals surface area contributed by atoms with Crippen molar-refractivity contribution in [2.75, 3.05) is 13.2 Å². The molecule has 0 aliphatic rings. The number of esters is 1. The summed E-state index contributed by atoms with van der Waals surface area (Å²) in [6.45, 7) is 3.96. The van der Waals surface area contributed by atoms with Crippen molar-refractivity contribution >= 4 is 29.7 Å². The van der Waals surface area contributed by atoms with Gasteiger partial charge >= 0.3 is 5.97 Å². The zero-order valence-corrected chi connectivity index (χ0v) is 14.9. The topological polar surface area (TPSA) is 59.3 Å². The van der Waals surface area contributed by atoms with Crippen LogP contribution >= 0.6 is 11.6 Å². The van der Waals surface area contributed by atoms with E-state index in [1.165, 1.54) is 0 Å². The number of hydrogen-bond acceptors (Lipinski definition) is 4. The van der Waals surface area contributed by atoms with E-state index >= 15 is 0 Å². The Morgan fingerprint density at radius 1 is 1.04 bits per heavy atom. The molecule has 0 aromatic heterocycles. The van der Waals surface area contributed by atoms with Crippen LogP contribution in [0.3, 0.4) is 0 Å². The van der Waals surface area contributed by atoms with E-state index in [9.17, 15) is 4.79 Å². The molecule has 0 aliphatic heterocycles. The minimum absolute atomic E-state index is 0.129. The number of benzene rings is 2. The molecule has 0 N–H and O–H groups in total. The van der Waals surface area contributed by atoms with E-state index in [1.807, 2.05) is 48.6 Å². The van der Waals surface area contributed by atoms with Gasteiger partial charge in [-0.25, -0.2) is 4.79 Å². The summed E-state index contributed by atoms with van der Waals surface area (Å²) in [5.74, 6) is 0.138. The fourth-order valence-corrected chi connectivity index (χ4v) is 2.08. The van der Waals surface area contributed by atoms with Gasteiger partial charge in [0.25, 0.3) is 0 Å². The second kappa shape index (κ2) is 10.1. The lowest BCUT2D eigenvalue weighted by Crippen LogP contribution is -2.08. The fourth-order valence-electron chi connectivity index (χ4n) is 2.03. The van der Waals surface area contributed by atoms with E-state index < -0.39 is 5.97 Å². The van der Waals surface area contributed by atoms with Crippen molar-refractivity contribution in [3.05, 3.63) is 76.8 Å². The third-order valence-corrected chi connectivity index (χ3v) is 3.55. The molecular formula is C21H18ClNO3. The van der Waals surface area contributed by atoms with Crippen LogP contribution in [0.4, 0.5) is 0 Å². The zero-order chi connectivity index (χ0) is 18.8. The van der Waals surface area contributed by atoms with E-state index in [4.69, 9.17) is 26.3 Å². The molecule has 0 amide bonds. The van der Waals surface area contributed by atoms with Crippen LogP contribution < -0.4 is 4.74 Å². The van der Waals surface area contributed by atoms with Crippen molar-refractivity contribution < 1.29 is 14.3 Å². The van der Waals surface area contributed by atoms with Crippen LogP contribution in [0.25, 0.3) is 12.2 Å². The fraction of sp³-hybridized carbons (Fsp3) is 0.143. The summed E-state index contributed by atoms with van der Waals surface area (Å²) in [5.41, 5.74) is 2.71. The number of nitriles is 1. The quantitative estimate of drug-likeness (QED) is 0.291. The predicted molar refractivity (Wildman–Crippen MR) is 103 cm³/mol. The third-order valence-electron chi connectivity index (χ3n) is 3.40. The molecule has 0 bridgehead atoms. The van der Waals surface area contributed by atoms with Gasteiger partial charge in [0.05, 0.1) is 24.8 Å². The van der Waals surface area contributed by atoms with Gasteiger partial charge in [-0.2, -0.15) is 5.26 Å². The molecule has 0 saturated heterocycles. The molecule has 2 aromatic rings. The Morgan fingerprint density at radius 2 is 1.62 bits per heavy atom. The molecule has 5 heteroatoms. The number of nitrogens with zero attached hydrogens (tertiary/aromatic N) is 1. The van der Waals surface area contributed by atoms with Crippen molar-refractivity contribution in [3.8, 4) is 11.8 Å². The number of ether oxygens (including phenoxy) is 2. The van der Waals surface area contributed by atoms with Gasteiger partial charge in [0.1, 0.15) is 10.8 Å². The van der Waals surface area contributed by atoms with Crippen LogP contribution in [-0.4, -0.2) is 19.2 Å². The highest BCUT2D eigenvalue weighted by atomic mass is 35.5. The van der Waals surface area contributed by atoms with Crippen molar-refractivity contribution in [1.82, 2.24) is 0 Å². The van der Waals surface area contributed by atoms with Gasteiger partial charge in [0.2, 0.25) is 0 Å². The van der Waals surface area contributed by atoms with E-state index in [0.717, 1.165) is 16.9 Å². The first kappa shape index (κ1) is 19.3. The lowest BCUT2D eigenvalue weighted by Gasteiger charge is -2.07. The summed E-state index contributed by atoms with van der Waals surface area (Å²) < 4.78 is 10.5. The van der Waals surface area contributed by atoms with Crippen LogP contribution in [0, 0.1) is 11.3 Å². The maximum absolute atomic E-state index is 11.1. The highest BCUT2D eigenvalue weighted by Gasteiger charge is 2.04. The summed E-state index contributed by atoms with van der Waals surface area (Å²) in [5, 5.41) is 8.66. The molecule has 2 rings (SSSR count). The molecule has 0 heterocycles. The molecule has 4 nitrogen and oxygen atoms in total. The molecule has 0 radical (unpaired) electrons. The molecular weight excluding hydrogens is 350 g/mol. The lowest BCUT2D eigenvalue weighted by atomic mass is 10.1. The minimum Gasteiger partial charge on any atom is -0.493 e. The van der Waals surface area contributed by atoms with Crippen LogP contribution in [-0.2, 0) is 9.53 Å². The van der Waals surface area contributed by atoms with E-state index in [1.54, 1.807) is 12.1 Å². The van der Waals surface area contributed by atoms with Crippen molar-refractivity contribution in [2.24, 2.45) is 0 Å². The Morgan fingerprint density at radius 3 is 2.15 bits per heavy atom. The molecule has 2 aromatic carbocycles.